The molecule has 0 fully saturated rings. The molecule has 26 heavy (non-hydrogen) atoms. The monoisotopic (exact) mass is 342 g/mol. The van der Waals surface area contributed by atoms with Gasteiger partial charge in [-0.25, -0.2) is 0 Å². The summed E-state index contributed by atoms with van der Waals surface area (Å²) in [5.74, 6) is 4.52. The molecule has 0 aliphatic carbocycles. The van der Waals surface area contributed by atoms with Gasteiger partial charge in [0.1, 0.15) is 11.5 Å². The lowest BCUT2D eigenvalue weighted by Gasteiger charge is -2.08. The lowest BCUT2D eigenvalue weighted by atomic mass is 10.1. The van der Waals surface area contributed by atoms with Crippen molar-refractivity contribution < 1.29 is 9.47 Å². The van der Waals surface area contributed by atoms with Crippen LogP contribution in [0.1, 0.15) is 5.56 Å². The standard InChI is InChI=1S/C22H18N2O2/c1-25-17-7-9-21-19(13-17)20-14-18(26-2)8-10-22(20)24(21)16-5-3-15(4-6-16)11-12-23/h3-10,13-14H,23H2,1-2H3. The molecule has 4 nitrogen and oxygen atoms in total. The van der Waals surface area contributed by atoms with Gasteiger partial charge in [-0.15, -0.1) is 0 Å². The highest BCUT2D eigenvalue weighted by Gasteiger charge is 2.14. The third-order valence-corrected chi connectivity index (χ3v) is 4.52. The van der Waals surface area contributed by atoms with E-state index in [0.717, 1.165) is 44.6 Å². The lowest BCUT2D eigenvalue weighted by Crippen LogP contribution is -1.94. The van der Waals surface area contributed by atoms with Crippen molar-refractivity contribution >= 4 is 21.8 Å². The van der Waals surface area contributed by atoms with E-state index in [1.54, 1.807) is 14.2 Å². The fraction of sp³-hybridized carbons (Fsp3) is 0.0909. The van der Waals surface area contributed by atoms with Crippen LogP contribution in [0, 0.1) is 12.0 Å². The van der Waals surface area contributed by atoms with Crippen LogP contribution in [-0.2, 0) is 0 Å². The Balaban J connectivity index is 2.04. The summed E-state index contributed by atoms with van der Waals surface area (Å²) in [7, 11) is 3.36. The molecule has 4 rings (SSSR count). The number of ether oxygens (including phenoxy) is 2. The van der Waals surface area contributed by atoms with E-state index in [4.69, 9.17) is 15.2 Å². The molecular weight excluding hydrogens is 324 g/mol. The number of benzene rings is 3. The second kappa shape index (κ2) is 6.38. The molecule has 4 heteroatoms. The molecule has 0 spiro atoms. The summed E-state index contributed by atoms with van der Waals surface area (Å²) >= 11 is 0. The zero-order valence-electron chi connectivity index (χ0n) is 14.6. The highest BCUT2D eigenvalue weighted by atomic mass is 16.5. The predicted octanol–water partition coefficient (Wildman–Crippen LogP) is 4.07. The third-order valence-electron chi connectivity index (χ3n) is 4.52. The molecule has 0 saturated heterocycles. The van der Waals surface area contributed by atoms with Gasteiger partial charge in [0.15, 0.2) is 0 Å². The van der Waals surface area contributed by atoms with Gasteiger partial charge in [-0.05, 0) is 66.6 Å². The number of aromatic nitrogens is 1. The molecule has 0 aliphatic rings. The van der Waals surface area contributed by atoms with Crippen LogP contribution in [0.2, 0.25) is 0 Å². The Morgan fingerprint density at radius 1 is 0.769 bits per heavy atom. The molecule has 0 atom stereocenters. The van der Waals surface area contributed by atoms with Crippen LogP contribution in [0.25, 0.3) is 27.5 Å². The van der Waals surface area contributed by atoms with Crippen molar-refractivity contribution in [2.75, 3.05) is 14.2 Å². The first-order chi connectivity index (χ1) is 12.7. The average molecular weight is 342 g/mol. The van der Waals surface area contributed by atoms with E-state index in [2.05, 4.69) is 40.8 Å². The van der Waals surface area contributed by atoms with Crippen LogP contribution in [0.5, 0.6) is 11.5 Å². The van der Waals surface area contributed by atoms with Crippen molar-refractivity contribution in [3.05, 3.63) is 66.2 Å². The summed E-state index contributed by atoms with van der Waals surface area (Å²) in [6.07, 6.45) is 0. The van der Waals surface area contributed by atoms with Crippen LogP contribution in [-0.4, -0.2) is 18.8 Å². The van der Waals surface area contributed by atoms with Gasteiger partial charge in [0, 0.05) is 28.1 Å². The van der Waals surface area contributed by atoms with Gasteiger partial charge in [-0.3, -0.25) is 0 Å². The Morgan fingerprint density at radius 2 is 1.31 bits per heavy atom. The first-order valence-corrected chi connectivity index (χ1v) is 8.23. The van der Waals surface area contributed by atoms with E-state index >= 15 is 0 Å². The van der Waals surface area contributed by atoms with E-state index in [1.165, 1.54) is 0 Å². The minimum atomic E-state index is 0.827. The van der Waals surface area contributed by atoms with Crippen LogP contribution in [0.15, 0.2) is 60.7 Å². The fourth-order valence-electron chi connectivity index (χ4n) is 3.29. The molecule has 128 valence electrons. The molecule has 0 bridgehead atoms. The van der Waals surface area contributed by atoms with E-state index in [9.17, 15) is 0 Å². The van der Waals surface area contributed by atoms with Crippen molar-refractivity contribution in [2.24, 2.45) is 5.73 Å². The van der Waals surface area contributed by atoms with Crippen LogP contribution in [0.3, 0.4) is 0 Å². The Morgan fingerprint density at radius 3 is 1.77 bits per heavy atom. The van der Waals surface area contributed by atoms with Crippen LogP contribution in [0.4, 0.5) is 0 Å². The summed E-state index contributed by atoms with van der Waals surface area (Å²) in [5, 5.41) is 2.23. The maximum Gasteiger partial charge on any atom is 0.119 e. The van der Waals surface area contributed by atoms with Crippen molar-refractivity contribution in [1.82, 2.24) is 4.57 Å². The average Bonchev–Trinajstić information content (AvgIpc) is 3.01. The molecule has 3 aromatic carbocycles. The van der Waals surface area contributed by atoms with Gasteiger partial charge in [0.25, 0.3) is 0 Å². The van der Waals surface area contributed by atoms with Crippen molar-refractivity contribution in [1.29, 1.82) is 0 Å². The van der Waals surface area contributed by atoms with E-state index in [0.29, 0.717) is 0 Å². The SMILES string of the molecule is COc1ccc2c(c1)c1cc(OC)ccc1n2-c1ccc(C#CN)cc1. The zero-order valence-corrected chi connectivity index (χ0v) is 14.6. The Kier molecular flexibility index (Phi) is 3.91. The van der Waals surface area contributed by atoms with Crippen molar-refractivity contribution in [3.63, 3.8) is 0 Å². The molecule has 0 amide bonds. The molecule has 0 saturated carbocycles. The minimum Gasteiger partial charge on any atom is -0.497 e. The second-order valence-electron chi connectivity index (χ2n) is 5.92. The molecule has 1 aromatic heterocycles. The van der Waals surface area contributed by atoms with Crippen molar-refractivity contribution in [2.45, 2.75) is 0 Å². The number of hydrogen-bond donors (Lipinski definition) is 1. The number of rotatable bonds is 3. The molecule has 0 aliphatic heterocycles. The number of fused-ring (bicyclic) bond motifs is 3. The maximum absolute atomic E-state index is 5.42. The lowest BCUT2D eigenvalue weighted by molar-refractivity contribution is 0.415. The minimum absolute atomic E-state index is 0.827. The first-order valence-electron chi connectivity index (χ1n) is 8.23. The summed E-state index contributed by atoms with van der Waals surface area (Å²) < 4.78 is 13.1. The summed E-state index contributed by atoms with van der Waals surface area (Å²) in [4.78, 5) is 0. The van der Waals surface area contributed by atoms with Gasteiger partial charge < -0.3 is 19.8 Å². The third kappa shape index (κ3) is 2.51. The molecule has 0 radical (unpaired) electrons. The highest BCUT2D eigenvalue weighted by molar-refractivity contribution is 6.10. The normalized spacial score (nSPS) is 10.5. The molecular formula is C22H18N2O2. The molecule has 2 N–H and O–H groups in total. The maximum atomic E-state index is 5.42. The van der Waals surface area contributed by atoms with Crippen LogP contribution < -0.4 is 15.2 Å². The van der Waals surface area contributed by atoms with E-state index in [-0.39, 0.29) is 0 Å². The first kappa shape index (κ1) is 15.9. The fourth-order valence-corrected chi connectivity index (χ4v) is 3.29. The zero-order chi connectivity index (χ0) is 18.1. The van der Waals surface area contributed by atoms with Crippen molar-refractivity contribution in [3.8, 4) is 29.2 Å². The molecule has 4 aromatic rings. The second-order valence-corrected chi connectivity index (χ2v) is 5.92. The number of nitrogens with two attached hydrogens (primary N) is 1. The number of methoxy groups -OCH3 is 2. The van der Waals surface area contributed by atoms with E-state index in [1.807, 2.05) is 36.4 Å². The Hall–Kier alpha value is -3.58. The molecule has 1 heterocycles. The quantitative estimate of drug-likeness (QED) is 0.451. The van der Waals surface area contributed by atoms with Gasteiger partial charge in [0.2, 0.25) is 0 Å². The number of nitrogens with zero attached hydrogens (tertiary/aromatic N) is 1. The largest absolute Gasteiger partial charge is 0.497 e. The summed E-state index contributed by atoms with van der Waals surface area (Å²) in [5.41, 5.74) is 9.46. The molecule has 0 unspecified atom stereocenters. The van der Waals surface area contributed by atoms with E-state index < -0.39 is 0 Å². The topological polar surface area (TPSA) is 49.4 Å². The van der Waals surface area contributed by atoms with Gasteiger partial charge in [-0.2, -0.15) is 0 Å². The van der Waals surface area contributed by atoms with Gasteiger partial charge in [-0.1, -0.05) is 0 Å². The summed E-state index contributed by atoms with van der Waals surface area (Å²) in [6, 6.07) is 22.7. The predicted molar refractivity (Wildman–Crippen MR) is 105 cm³/mol. The Labute approximate surface area is 151 Å². The highest BCUT2D eigenvalue weighted by Crippen LogP contribution is 2.36. The van der Waals surface area contributed by atoms with Gasteiger partial charge >= 0.3 is 0 Å². The number of hydrogen-bond acceptors (Lipinski definition) is 3. The van der Waals surface area contributed by atoms with Gasteiger partial charge in [0.05, 0.1) is 25.3 Å². The van der Waals surface area contributed by atoms with Crippen LogP contribution >= 0.6 is 0 Å². The smallest absolute Gasteiger partial charge is 0.119 e. The summed E-state index contributed by atoms with van der Waals surface area (Å²) in [6.45, 7) is 0. The Bertz CT molecular complexity index is 1100.